The second-order valence-corrected chi connectivity index (χ2v) is 9.64. The minimum Gasteiger partial charge on any atom is -0.493 e. The standard InChI is InChI=1S/C25H29ClF3N3O3/c1-32-11-10-24(15-5-7-20(34-2)21(13-15)35-3)9-8-17(14-22(24)32)30-23(33)31-19-12-16(25(27,28)29)4-6-18(19)26/h4-7,12-13,17,22H,8-11,14H2,1-3H3,(H2,30,31,33)/t17-,22+,24+/m1/s1. The van der Waals surface area contributed by atoms with Crippen LogP contribution in [0, 0.1) is 0 Å². The fourth-order valence-corrected chi connectivity index (χ4v) is 5.70. The Labute approximate surface area is 207 Å². The number of carbonyl (C=O) groups excluding carboxylic acids is 1. The number of anilines is 1. The Morgan fingerprint density at radius 1 is 1.11 bits per heavy atom. The molecule has 1 saturated heterocycles. The van der Waals surface area contributed by atoms with E-state index in [4.69, 9.17) is 21.1 Å². The van der Waals surface area contributed by atoms with Gasteiger partial charge in [0.25, 0.3) is 0 Å². The van der Waals surface area contributed by atoms with E-state index in [1.165, 1.54) is 5.56 Å². The second kappa shape index (κ2) is 9.78. The second-order valence-electron chi connectivity index (χ2n) is 9.23. The molecule has 2 amide bonds. The molecule has 4 rings (SSSR count). The van der Waals surface area contributed by atoms with Gasteiger partial charge >= 0.3 is 12.2 Å². The van der Waals surface area contributed by atoms with Crippen LogP contribution >= 0.6 is 11.6 Å². The summed E-state index contributed by atoms with van der Waals surface area (Å²) in [5.41, 5.74) is 0.158. The lowest BCUT2D eigenvalue weighted by atomic mass is 9.65. The molecule has 3 atom stereocenters. The SMILES string of the molecule is COc1ccc([C@@]23CC[C@@H](NC(=O)Nc4cc(C(F)(F)F)ccc4Cl)C[C@@H]2N(C)CC3)cc1OC. The summed E-state index contributed by atoms with van der Waals surface area (Å²) in [6, 6.07) is 8.41. The number of fused-ring (bicyclic) bond motifs is 1. The number of likely N-dealkylation sites (N-methyl/N-ethyl adjacent to an activating group) is 1. The number of methoxy groups -OCH3 is 2. The normalized spacial score (nSPS) is 24.5. The Hall–Kier alpha value is -2.65. The first-order chi connectivity index (χ1) is 16.6. The number of urea groups is 1. The van der Waals surface area contributed by atoms with E-state index in [1.54, 1.807) is 14.2 Å². The van der Waals surface area contributed by atoms with Crippen molar-refractivity contribution < 1.29 is 27.4 Å². The van der Waals surface area contributed by atoms with Gasteiger partial charge in [0.1, 0.15) is 0 Å². The van der Waals surface area contributed by atoms with E-state index in [0.29, 0.717) is 17.9 Å². The van der Waals surface area contributed by atoms with Crippen molar-refractivity contribution in [3.63, 3.8) is 0 Å². The molecular weight excluding hydrogens is 483 g/mol. The van der Waals surface area contributed by atoms with Crippen LogP contribution in [0.5, 0.6) is 11.5 Å². The minimum atomic E-state index is -4.53. The third-order valence-corrected chi connectivity index (χ3v) is 7.69. The molecule has 2 aliphatic rings. The number of hydrogen-bond acceptors (Lipinski definition) is 4. The van der Waals surface area contributed by atoms with Crippen LogP contribution in [0.4, 0.5) is 23.7 Å². The molecule has 1 saturated carbocycles. The van der Waals surface area contributed by atoms with E-state index < -0.39 is 17.8 Å². The van der Waals surface area contributed by atoms with Crippen LogP contribution in [0.25, 0.3) is 0 Å². The molecule has 6 nitrogen and oxygen atoms in total. The van der Waals surface area contributed by atoms with Crippen LogP contribution in [-0.2, 0) is 11.6 Å². The highest BCUT2D eigenvalue weighted by molar-refractivity contribution is 6.33. The first-order valence-corrected chi connectivity index (χ1v) is 11.8. The maximum atomic E-state index is 13.0. The van der Waals surface area contributed by atoms with E-state index in [9.17, 15) is 18.0 Å². The van der Waals surface area contributed by atoms with Crippen LogP contribution in [0.1, 0.15) is 36.8 Å². The van der Waals surface area contributed by atoms with Gasteiger partial charge in [0, 0.05) is 17.5 Å². The van der Waals surface area contributed by atoms with Crippen molar-refractivity contribution in [1.82, 2.24) is 10.2 Å². The van der Waals surface area contributed by atoms with Gasteiger partial charge in [0.05, 0.1) is 30.5 Å². The van der Waals surface area contributed by atoms with Crippen molar-refractivity contribution in [2.24, 2.45) is 0 Å². The summed E-state index contributed by atoms with van der Waals surface area (Å²) in [6.07, 6.45) is -1.23. The highest BCUT2D eigenvalue weighted by atomic mass is 35.5. The fourth-order valence-electron chi connectivity index (χ4n) is 5.54. The minimum absolute atomic E-state index is 0.0415. The fraction of sp³-hybridized carbons (Fsp3) is 0.480. The summed E-state index contributed by atoms with van der Waals surface area (Å²) >= 11 is 6.02. The number of alkyl halides is 3. The average molecular weight is 512 g/mol. The van der Waals surface area contributed by atoms with Gasteiger partial charge in [0.15, 0.2) is 11.5 Å². The molecule has 2 aromatic rings. The molecule has 2 N–H and O–H groups in total. The summed E-state index contributed by atoms with van der Waals surface area (Å²) < 4.78 is 50.1. The lowest BCUT2D eigenvalue weighted by molar-refractivity contribution is -0.137. The predicted molar refractivity (Wildman–Crippen MR) is 129 cm³/mol. The number of hydrogen-bond donors (Lipinski definition) is 2. The van der Waals surface area contributed by atoms with Crippen molar-refractivity contribution in [2.75, 3.05) is 33.1 Å². The van der Waals surface area contributed by atoms with E-state index in [-0.39, 0.29) is 28.2 Å². The number of rotatable bonds is 5. The number of benzene rings is 2. The molecule has 0 unspecified atom stereocenters. The van der Waals surface area contributed by atoms with E-state index in [1.807, 2.05) is 12.1 Å². The molecular formula is C25H29ClF3N3O3. The molecule has 10 heteroatoms. The molecule has 0 radical (unpaired) electrons. The zero-order valence-electron chi connectivity index (χ0n) is 19.8. The first kappa shape index (κ1) is 25.4. The smallest absolute Gasteiger partial charge is 0.416 e. The van der Waals surface area contributed by atoms with Crippen molar-refractivity contribution in [3.8, 4) is 11.5 Å². The topological polar surface area (TPSA) is 62.8 Å². The van der Waals surface area contributed by atoms with Gasteiger partial charge in [-0.15, -0.1) is 0 Å². The summed E-state index contributed by atoms with van der Waals surface area (Å²) in [5.74, 6) is 1.36. The van der Waals surface area contributed by atoms with Crippen LogP contribution in [0.3, 0.4) is 0 Å². The largest absolute Gasteiger partial charge is 0.493 e. The van der Waals surface area contributed by atoms with Gasteiger partial charge in [-0.25, -0.2) is 4.79 Å². The Morgan fingerprint density at radius 2 is 1.86 bits per heavy atom. The maximum absolute atomic E-state index is 13.0. The number of carbonyl (C=O) groups is 1. The van der Waals surface area contributed by atoms with Crippen molar-refractivity contribution in [2.45, 2.75) is 49.4 Å². The van der Waals surface area contributed by atoms with E-state index >= 15 is 0 Å². The Balaban J connectivity index is 1.48. The Morgan fingerprint density at radius 3 is 2.54 bits per heavy atom. The summed E-state index contributed by atoms with van der Waals surface area (Å²) in [7, 11) is 5.31. The molecule has 2 aromatic carbocycles. The van der Waals surface area contributed by atoms with Crippen LogP contribution in [0.15, 0.2) is 36.4 Å². The van der Waals surface area contributed by atoms with Gasteiger partial charge in [-0.2, -0.15) is 13.2 Å². The molecule has 1 aliphatic heterocycles. The molecule has 0 bridgehead atoms. The highest BCUT2D eigenvalue weighted by Crippen LogP contribution is 2.50. The lowest BCUT2D eigenvalue weighted by Crippen LogP contribution is -2.52. The van der Waals surface area contributed by atoms with Crippen LogP contribution in [-0.4, -0.2) is 50.8 Å². The van der Waals surface area contributed by atoms with Gasteiger partial charge in [-0.1, -0.05) is 17.7 Å². The van der Waals surface area contributed by atoms with Crippen molar-refractivity contribution in [1.29, 1.82) is 0 Å². The molecule has 35 heavy (non-hydrogen) atoms. The van der Waals surface area contributed by atoms with Crippen LogP contribution < -0.4 is 20.1 Å². The number of nitrogens with zero attached hydrogens (tertiary/aromatic N) is 1. The number of halogens is 4. The number of nitrogens with one attached hydrogen (secondary N) is 2. The monoisotopic (exact) mass is 511 g/mol. The lowest BCUT2D eigenvalue weighted by Gasteiger charge is -2.45. The van der Waals surface area contributed by atoms with Gasteiger partial charge in [-0.05, 0) is 75.2 Å². The quantitative estimate of drug-likeness (QED) is 0.541. The Kier molecular flexibility index (Phi) is 7.11. The summed E-state index contributed by atoms with van der Waals surface area (Å²) in [5, 5.41) is 5.46. The number of ether oxygens (including phenoxy) is 2. The van der Waals surface area contributed by atoms with E-state index in [0.717, 1.165) is 44.0 Å². The van der Waals surface area contributed by atoms with Gasteiger partial charge < -0.3 is 25.0 Å². The van der Waals surface area contributed by atoms with Crippen molar-refractivity contribution >= 4 is 23.3 Å². The maximum Gasteiger partial charge on any atom is 0.416 e. The summed E-state index contributed by atoms with van der Waals surface area (Å²) in [4.78, 5) is 15.0. The molecule has 0 spiro atoms. The molecule has 1 aliphatic carbocycles. The van der Waals surface area contributed by atoms with E-state index in [2.05, 4.69) is 28.6 Å². The zero-order chi connectivity index (χ0) is 25.4. The zero-order valence-corrected chi connectivity index (χ0v) is 20.6. The van der Waals surface area contributed by atoms with Gasteiger partial charge in [-0.3, -0.25) is 0 Å². The average Bonchev–Trinajstić information content (AvgIpc) is 3.16. The number of amides is 2. The van der Waals surface area contributed by atoms with Gasteiger partial charge in [0.2, 0.25) is 0 Å². The third kappa shape index (κ3) is 5.02. The molecule has 1 heterocycles. The van der Waals surface area contributed by atoms with Crippen molar-refractivity contribution in [3.05, 3.63) is 52.5 Å². The Bertz CT molecular complexity index is 1100. The molecule has 0 aromatic heterocycles. The molecule has 2 fully saturated rings. The number of likely N-dealkylation sites (tertiary alicyclic amines) is 1. The summed E-state index contributed by atoms with van der Waals surface area (Å²) in [6.45, 7) is 0.928. The molecule has 190 valence electrons. The predicted octanol–water partition coefficient (Wildman–Crippen LogP) is 5.69. The third-order valence-electron chi connectivity index (χ3n) is 7.36. The first-order valence-electron chi connectivity index (χ1n) is 11.4. The highest BCUT2D eigenvalue weighted by Gasteiger charge is 2.50. The van der Waals surface area contributed by atoms with Crippen LogP contribution in [0.2, 0.25) is 5.02 Å².